The van der Waals surface area contributed by atoms with Crippen molar-refractivity contribution in [2.24, 2.45) is 5.92 Å². The van der Waals surface area contributed by atoms with Crippen molar-refractivity contribution in [3.63, 3.8) is 0 Å². The summed E-state index contributed by atoms with van der Waals surface area (Å²) >= 11 is 16.0. The molecule has 3 N–H and O–H groups in total. The normalized spacial score (nSPS) is 13.1. The van der Waals surface area contributed by atoms with Crippen LogP contribution in [-0.4, -0.2) is 27.7 Å². The van der Waals surface area contributed by atoms with E-state index in [-0.39, 0.29) is 31.9 Å². The lowest BCUT2D eigenvalue weighted by molar-refractivity contribution is 0.399. The van der Waals surface area contributed by atoms with Crippen molar-refractivity contribution in [2.45, 2.75) is 57.7 Å². The van der Waals surface area contributed by atoms with Crippen LogP contribution in [0, 0.1) is 33.6 Å². The Labute approximate surface area is 295 Å². The molecule has 0 aliphatic heterocycles. The summed E-state index contributed by atoms with van der Waals surface area (Å²) in [6.45, 7) is 7.72. The van der Waals surface area contributed by atoms with Gasteiger partial charge in [0.15, 0.2) is 10.0 Å². The maximum absolute atomic E-state index is 13.2. The van der Waals surface area contributed by atoms with Gasteiger partial charge in [-0.1, -0.05) is 28.4 Å². The summed E-state index contributed by atoms with van der Waals surface area (Å²) in [7, 11) is -4.47. The van der Waals surface area contributed by atoms with E-state index in [1.54, 1.807) is 47.1 Å². The highest BCUT2D eigenvalue weighted by Crippen LogP contribution is 2.43. The van der Waals surface area contributed by atoms with E-state index in [1.165, 1.54) is 17.7 Å². The van der Waals surface area contributed by atoms with Gasteiger partial charge in [0, 0.05) is 43.6 Å². The molecule has 7 rings (SSSR count). The summed E-state index contributed by atoms with van der Waals surface area (Å²) in [4.78, 5) is 21.2. The van der Waals surface area contributed by atoms with E-state index in [0.717, 1.165) is 56.2 Å². The van der Waals surface area contributed by atoms with Gasteiger partial charge in [-0.2, -0.15) is 8.42 Å². The molecule has 0 radical (unpaired) electrons. The zero-order chi connectivity index (χ0) is 34.5. The summed E-state index contributed by atoms with van der Waals surface area (Å²) < 4.78 is 40.0. The number of aryl methyl sites for hydroxylation is 3. The summed E-state index contributed by atoms with van der Waals surface area (Å²) in [5.74, 6) is 1.91. The topological polar surface area (TPSA) is 141 Å². The van der Waals surface area contributed by atoms with Crippen molar-refractivity contribution in [2.75, 3.05) is 5.73 Å². The van der Waals surface area contributed by atoms with Gasteiger partial charge in [0.05, 0.1) is 32.7 Å². The van der Waals surface area contributed by atoms with E-state index in [2.05, 4.69) is 24.2 Å². The molecule has 6 aromatic rings. The predicted molar refractivity (Wildman–Crippen MR) is 194 cm³/mol. The third-order valence-corrected chi connectivity index (χ3v) is 12.2. The molecule has 1 saturated carbocycles. The number of halogens is 2. The standard InChI is InChI=1S/C29H24Cl2N2O4S3.C5H8N2O/c1-15-3-7-25(38-15)28-20-6-8-26(34)33(24(20)13-19(32-28)10-17-4-5-17)14-18-11-22(30)27(23(31)12-18)21-9-16(2)39-29(21)40(35,36)37;1-3-4(2)8-7-5(3)6/h3,6-9,11-13,17H,4-5,10,14H2,1-2H3,(H,35,36,37);1-2H3,(H2,6,7). The fourth-order valence-corrected chi connectivity index (χ4v) is 9.03. The zero-order valence-electron chi connectivity index (χ0n) is 26.5. The Hall–Kier alpha value is -3.52. The molecule has 5 aromatic heterocycles. The van der Waals surface area contributed by atoms with Gasteiger partial charge in [-0.15, -0.1) is 22.7 Å². The van der Waals surface area contributed by atoms with E-state index in [1.807, 2.05) is 26.0 Å². The van der Waals surface area contributed by atoms with Gasteiger partial charge in [-0.05, 0) is 101 Å². The monoisotopic (exact) mass is 742 g/mol. The Morgan fingerprint density at radius 3 is 2.25 bits per heavy atom. The minimum Gasteiger partial charge on any atom is -0.381 e. The van der Waals surface area contributed by atoms with E-state index in [4.69, 9.17) is 38.4 Å². The largest absolute Gasteiger partial charge is 0.381 e. The van der Waals surface area contributed by atoms with E-state index in [0.29, 0.717) is 27.7 Å². The Balaban J connectivity index is 0.000000441. The van der Waals surface area contributed by atoms with E-state index >= 15 is 0 Å². The predicted octanol–water partition coefficient (Wildman–Crippen LogP) is 8.90. The molecular formula is C34H32Cl2N4O5S3. The highest BCUT2D eigenvalue weighted by atomic mass is 35.5. The van der Waals surface area contributed by atoms with Gasteiger partial charge >= 0.3 is 10.1 Å². The first-order valence-electron chi connectivity index (χ1n) is 15.0. The third kappa shape index (κ3) is 7.24. The van der Waals surface area contributed by atoms with Gasteiger partial charge in [0.2, 0.25) is 0 Å². The lowest BCUT2D eigenvalue weighted by atomic mass is 10.0. The van der Waals surface area contributed by atoms with Gasteiger partial charge in [0.25, 0.3) is 5.56 Å². The summed E-state index contributed by atoms with van der Waals surface area (Å²) in [5, 5.41) is 4.86. The first kappa shape index (κ1) is 34.3. The number of hydrogen-bond acceptors (Lipinski definition) is 9. The van der Waals surface area contributed by atoms with Crippen LogP contribution in [0.2, 0.25) is 10.0 Å². The second kappa shape index (κ2) is 13.4. The average Bonchev–Trinajstić information content (AvgIpc) is 3.45. The number of nitrogens with zero attached hydrogens (tertiary/aromatic N) is 3. The maximum Gasteiger partial charge on any atom is 0.304 e. The van der Waals surface area contributed by atoms with E-state index < -0.39 is 10.1 Å². The Bertz CT molecular complexity index is 2310. The fraction of sp³-hybridized carbons (Fsp3) is 0.265. The van der Waals surface area contributed by atoms with Gasteiger partial charge in [-0.25, -0.2) is 0 Å². The molecule has 1 fully saturated rings. The maximum atomic E-state index is 13.2. The summed E-state index contributed by atoms with van der Waals surface area (Å²) in [6, 6.07) is 14.6. The second-order valence-electron chi connectivity index (χ2n) is 11.9. The van der Waals surface area contributed by atoms with Crippen LogP contribution in [0.4, 0.5) is 5.82 Å². The average molecular weight is 744 g/mol. The fourth-order valence-electron chi connectivity index (χ4n) is 5.43. The van der Waals surface area contributed by atoms with Crippen LogP contribution >= 0.6 is 45.9 Å². The molecule has 250 valence electrons. The van der Waals surface area contributed by atoms with Crippen LogP contribution in [0.25, 0.3) is 32.6 Å². The van der Waals surface area contributed by atoms with Crippen molar-refractivity contribution in [3.8, 4) is 21.7 Å². The van der Waals surface area contributed by atoms with Crippen LogP contribution in [0.3, 0.4) is 0 Å². The molecule has 0 amide bonds. The van der Waals surface area contributed by atoms with Crippen LogP contribution in [-0.2, 0) is 23.1 Å². The first-order valence-corrected chi connectivity index (χ1v) is 18.9. The molecule has 0 bridgehead atoms. The SMILES string of the molecule is Cc1ccc(-c2nc(CC3CC3)cc3c2ccc(=O)n3Cc2cc(Cl)c(-c3cc(C)sc3S(=O)(=O)O)c(Cl)c2)s1.Cc1onc(N)c1C. The molecule has 0 spiro atoms. The Kier molecular flexibility index (Phi) is 9.60. The van der Waals surface area contributed by atoms with Crippen LogP contribution < -0.4 is 11.3 Å². The third-order valence-electron chi connectivity index (χ3n) is 8.17. The van der Waals surface area contributed by atoms with E-state index in [9.17, 15) is 17.8 Å². The smallest absolute Gasteiger partial charge is 0.304 e. The number of thiophene rings is 2. The highest BCUT2D eigenvalue weighted by Gasteiger charge is 2.25. The lowest BCUT2D eigenvalue weighted by Gasteiger charge is -2.16. The number of aromatic nitrogens is 3. The van der Waals surface area contributed by atoms with Crippen molar-refractivity contribution >= 4 is 72.7 Å². The van der Waals surface area contributed by atoms with Gasteiger partial charge < -0.3 is 14.8 Å². The quantitative estimate of drug-likeness (QED) is 0.155. The highest BCUT2D eigenvalue weighted by molar-refractivity contribution is 7.88. The molecular weight excluding hydrogens is 712 g/mol. The Morgan fingerprint density at radius 1 is 1.00 bits per heavy atom. The molecule has 0 atom stereocenters. The van der Waals surface area contributed by atoms with Crippen LogP contribution in [0.15, 0.2) is 62.1 Å². The molecule has 5 heterocycles. The number of hydrogen-bond donors (Lipinski definition) is 2. The van der Waals surface area contributed by atoms with Gasteiger partial charge in [0.1, 0.15) is 5.76 Å². The summed E-state index contributed by atoms with van der Waals surface area (Å²) in [6.07, 6.45) is 3.26. The first-order chi connectivity index (χ1) is 22.7. The molecule has 1 aliphatic carbocycles. The molecule has 1 aliphatic rings. The molecule has 0 saturated heterocycles. The number of nitrogens with two attached hydrogens (primary N) is 1. The van der Waals surface area contributed by atoms with Crippen LogP contribution in [0.5, 0.6) is 0 Å². The van der Waals surface area contributed by atoms with Crippen molar-refractivity contribution in [1.82, 2.24) is 14.7 Å². The number of rotatable bonds is 7. The minimum absolute atomic E-state index is 0.164. The van der Waals surface area contributed by atoms with Crippen LogP contribution in [0.1, 0.15) is 45.2 Å². The Morgan fingerprint density at radius 2 is 1.71 bits per heavy atom. The molecule has 14 heteroatoms. The zero-order valence-corrected chi connectivity index (χ0v) is 30.5. The number of benzene rings is 1. The van der Waals surface area contributed by atoms with Crippen molar-refractivity contribution in [1.29, 1.82) is 0 Å². The molecule has 48 heavy (non-hydrogen) atoms. The molecule has 9 nitrogen and oxygen atoms in total. The molecule has 1 aromatic carbocycles. The van der Waals surface area contributed by atoms with Gasteiger partial charge in [-0.3, -0.25) is 14.3 Å². The summed E-state index contributed by atoms with van der Waals surface area (Å²) in [5.41, 5.74) is 9.99. The number of nitrogen functional groups attached to an aromatic ring is 1. The minimum atomic E-state index is -4.47. The van der Waals surface area contributed by atoms with Crippen molar-refractivity contribution < 1.29 is 17.5 Å². The number of fused-ring (bicyclic) bond motifs is 1. The second-order valence-corrected chi connectivity index (χ2v) is 16.9. The number of anilines is 1. The molecule has 0 unspecified atom stereocenters. The number of pyridine rings is 2. The lowest BCUT2D eigenvalue weighted by Crippen LogP contribution is -2.20. The van der Waals surface area contributed by atoms with Crippen molar-refractivity contribution in [3.05, 3.63) is 101 Å².